The van der Waals surface area contributed by atoms with Crippen molar-refractivity contribution < 1.29 is 14.3 Å². The molecule has 18 heavy (non-hydrogen) atoms. The highest BCUT2D eigenvalue weighted by Gasteiger charge is 2.27. The van der Waals surface area contributed by atoms with Crippen LogP contribution in [0.4, 0.5) is 11.4 Å². The SMILES string of the molecule is CCC1CN(CC(=O)OC)c2c(N)cccc2O1. The van der Waals surface area contributed by atoms with Crippen molar-refractivity contribution in [3.63, 3.8) is 0 Å². The number of benzene rings is 1. The van der Waals surface area contributed by atoms with Crippen LogP contribution >= 0.6 is 0 Å². The molecule has 0 saturated carbocycles. The molecule has 0 spiro atoms. The second kappa shape index (κ2) is 5.16. The third-order valence-electron chi connectivity index (χ3n) is 3.07. The fourth-order valence-corrected chi connectivity index (χ4v) is 2.10. The number of carbonyl (C=O) groups is 1. The van der Waals surface area contributed by atoms with E-state index in [2.05, 4.69) is 6.92 Å². The summed E-state index contributed by atoms with van der Waals surface area (Å²) in [5.41, 5.74) is 7.36. The second-order valence-corrected chi connectivity index (χ2v) is 4.30. The smallest absolute Gasteiger partial charge is 0.325 e. The summed E-state index contributed by atoms with van der Waals surface area (Å²) in [4.78, 5) is 13.4. The van der Waals surface area contributed by atoms with Gasteiger partial charge in [-0.25, -0.2) is 0 Å². The van der Waals surface area contributed by atoms with Gasteiger partial charge in [-0.1, -0.05) is 13.0 Å². The lowest BCUT2D eigenvalue weighted by Crippen LogP contribution is -2.43. The monoisotopic (exact) mass is 250 g/mol. The van der Waals surface area contributed by atoms with Crippen LogP contribution < -0.4 is 15.4 Å². The summed E-state index contributed by atoms with van der Waals surface area (Å²) < 4.78 is 10.5. The van der Waals surface area contributed by atoms with Crippen LogP contribution in [0.5, 0.6) is 5.75 Å². The molecule has 0 amide bonds. The number of nitrogen functional groups attached to an aromatic ring is 1. The molecule has 1 aliphatic heterocycles. The zero-order chi connectivity index (χ0) is 13.1. The van der Waals surface area contributed by atoms with Gasteiger partial charge in [-0.15, -0.1) is 0 Å². The summed E-state index contributed by atoms with van der Waals surface area (Å²) in [5.74, 6) is 0.456. The Kier molecular flexibility index (Phi) is 3.60. The largest absolute Gasteiger partial charge is 0.486 e. The Morgan fingerprint density at radius 1 is 1.61 bits per heavy atom. The molecule has 1 atom stereocenters. The molecule has 0 aromatic heterocycles. The van der Waals surface area contributed by atoms with E-state index < -0.39 is 0 Å². The molecule has 0 bridgehead atoms. The van der Waals surface area contributed by atoms with Crippen LogP contribution in [-0.4, -0.2) is 32.3 Å². The van der Waals surface area contributed by atoms with E-state index in [-0.39, 0.29) is 18.6 Å². The molecule has 2 rings (SSSR count). The minimum Gasteiger partial charge on any atom is -0.486 e. The lowest BCUT2D eigenvalue weighted by atomic mass is 10.1. The van der Waals surface area contributed by atoms with Crippen molar-refractivity contribution in [2.24, 2.45) is 0 Å². The van der Waals surface area contributed by atoms with Crippen LogP contribution in [0.25, 0.3) is 0 Å². The summed E-state index contributed by atoms with van der Waals surface area (Å²) in [7, 11) is 1.38. The Bertz CT molecular complexity index is 448. The van der Waals surface area contributed by atoms with Gasteiger partial charge in [-0.3, -0.25) is 4.79 Å². The van der Waals surface area contributed by atoms with Gasteiger partial charge in [0, 0.05) is 0 Å². The zero-order valence-corrected chi connectivity index (χ0v) is 10.7. The van der Waals surface area contributed by atoms with Crippen LogP contribution in [0.15, 0.2) is 18.2 Å². The molecule has 5 heteroatoms. The minimum atomic E-state index is -0.277. The van der Waals surface area contributed by atoms with Crippen molar-refractivity contribution in [3.05, 3.63) is 18.2 Å². The van der Waals surface area contributed by atoms with E-state index in [1.54, 1.807) is 6.07 Å². The molecule has 0 saturated heterocycles. The van der Waals surface area contributed by atoms with Gasteiger partial charge in [0.05, 0.1) is 19.3 Å². The van der Waals surface area contributed by atoms with Crippen molar-refractivity contribution in [1.29, 1.82) is 0 Å². The Morgan fingerprint density at radius 2 is 2.39 bits per heavy atom. The fourth-order valence-electron chi connectivity index (χ4n) is 2.10. The Labute approximate surface area is 106 Å². The predicted octanol–water partition coefficient (Wildman–Crippen LogP) is 1.42. The third-order valence-corrected chi connectivity index (χ3v) is 3.07. The number of nitrogens with zero attached hydrogens (tertiary/aromatic N) is 1. The molecule has 2 N–H and O–H groups in total. The lowest BCUT2D eigenvalue weighted by molar-refractivity contribution is -0.139. The Morgan fingerprint density at radius 3 is 3.06 bits per heavy atom. The zero-order valence-electron chi connectivity index (χ0n) is 10.7. The van der Waals surface area contributed by atoms with Crippen LogP contribution in [-0.2, 0) is 9.53 Å². The number of anilines is 2. The number of rotatable bonds is 3. The number of para-hydroxylation sites is 1. The number of hydrogen-bond donors (Lipinski definition) is 1. The van der Waals surface area contributed by atoms with Crippen LogP contribution in [0.1, 0.15) is 13.3 Å². The maximum Gasteiger partial charge on any atom is 0.325 e. The summed E-state index contributed by atoms with van der Waals surface area (Å²) in [6.07, 6.45) is 0.954. The number of esters is 1. The van der Waals surface area contributed by atoms with E-state index in [1.165, 1.54) is 7.11 Å². The first-order valence-corrected chi connectivity index (χ1v) is 6.02. The standard InChI is InChI=1S/C13H18N2O3/c1-3-9-7-15(8-12(16)17-2)13-10(14)5-4-6-11(13)18-9/h4-6,9H,3,7-8,14H2,1-2H3. The first kappa shape index (κ1) is 12.5. The molecular formula is C13H18N2O3. The van der Waals surface area contributed by atoms with Crippen LogP contribution in [0.2, 0.25) is 0 Å². The quantitative estimate of drug-likeness (QED) is 0.649. The number of fused-ring (bicyclic) bond motifs is 1. The number of hydrogen-bond acceptors (Lipinski definition) is 5. The third kappa shape index (κ3) is 2.34. The van der Waals surface area contributed by atoms with Crippen LogP contribution in [0, 0.1) is 0 Å². The van der Waals surface area contributed by atoms with E-state index in [4.69, 9.17) is 15.2 Å². The van der Waals surface area contributed by atoms with Gasteiger partial charge >= 0.3 is 5.97 Å². The molecule has 1 unspecified atom stereocenters. The first-order chi connectivity index (χ1) is 8.65. The Balaban J connectivity index is 2.32. The highest BCUT2D eigenvalue weighted by atomic mass is 16.5. The van der Waals surface area contributed by atoms with Gasteiger partial charge in [0.25, 0.3) is 0 Å². The van der Waals surface area contributed by atoms with E-state index in [0.717, 1.165) is 17.9 Å². The predicted molar refractivity (Wildman–Crippen MR) is 69.8 cm³/mol. The van der Waals surface area contributed by atoms with Crippen molar-refractivity contribution in [3.8, 4) is 5.75 Å². The fraction of sp³-hybridized carbons (Fsp3) is 0.462. The summed E-state index contributed by atoms with van der Waals surface area (Å²) in [6.45, 7) is 2.89. The topological polar surface area (TPSA) is 64.8 Å². The van der Waals surface area contributed by atoms with E-state index in [9.17, 15) is 4.79 Å². The van der Waals surface area contributed by atoms with Gasteiger partial charge in [0.2, 0.25) is 0 Å². The van der Waals surface area contributed by atoms with Gasteiger partial charge < -0.3 is 20.1 Å². The number of carbonyl (C=O) groups excluding carboxylic acids is 1. The molecule has 0 radical (unpaired) electrons. The molecule has 1 aromatic rings. The van der Waals surface area contributed by atoms with E-state index in [0.29, 0.717) is 12.2 Å². The van der Waals surface area contributed by atoms with Crippen LogP contribution in [0.3, 0.4) is 0 Å². The normalized spacial score (nSPS) is 17.9. The first-order valence-electron chi connectivity index (χ1n) is 6.02. The summed E-state index contributed by atoms with van der Waals surface area (Å²) in [5, 5.41) is 0. The lowest BCUT2D eigenvalue weighted by Gasteiger charge is -2.36. The molecule has 1 heterocycles. The molecule has 0 aliphatic carbocycles. The van der Waals surface area contributed by atoms with Gasteiger partial charge in [-0.2, -0.15) is 0 Å². The van der Waals surface area contributed by atoms with Gasteiger partial charge in [-0.05, 0) is 18.6 Å². The average molecular weight is 250 g/mol. The minimum absolute atomic E-state index is 0.0731. The molecule has 5 nitrogen and oxygen atoms in total. The van der Waals surface area contributed by atoms with E-state index in [1.807, 2.05) is 17.0 Å². The molecule has 0 fully saturated rings. The summed E-state index contributed by atoms with van der Waals surface area (Å²) >= 11 is 0. The van der Waals surface area contributed by atoms with E-state index >= 15 is 0 Å². The van der Waals surface area contributed by atoms with Crippen molar-refractivity contribution in [2.75, 3.05) is 30.8 Å². The number of methoxy groups -OCH3 is 1. The second-order valence-electron chi connectivity index (χ2n) is 4.30. The van der Waals surface area contributed by atoms with Crippen molar-refractivity contribution >= 4 is 17.3 Å². The van der Waals surface area contributed by atoms with Crippen molar-refractivity contribution in [2.45, 2.75) is 19.4 Å². The highest BCUT2D eigenvalue weighted by Crippen LogP contribution is 2.38. The van der Waals surface area contributed by atoms with Gasteiger partial charge in [0.15, 0.2) is 0 Å². The summed E-state index contributed by atoms with van der Waals surface area (Å²) in [6, 6.07) is 5.53. The molecule has 1 aromatic carbocycles. The Hall–Kier alpha value is -1.91. The van der Waals surface area contributed by atoms with Crippen molar-refractivity contribution in [1.82, 2.24) is 0 Å². The average Bonchev–Trinajstić information content (AvgIpc) is 2.38. The molecule has 98 valence electrons. The number of ether oxygens (including phenoxy) is 2. The maximum atomic E-state index is 11.5. The number of nitrogens with two attached hydrogens (primary N) is 1. The molecular weight excluding hydrogens is 232 g/mol. The highest BCUT2D eigenvalue weighted by molar-refractivity contribution is 5.82. The maximum absolute atomic E-state index is 11.5. The van der Waals surface area contributed by atoms with Gasteiger partial charge in [0.1, 0.15) is 24.1 Å². The molecule has 1 aliphatic rings.